The molecule has 1 heterocycles. The second-order valence-electron chi connectivity index (χ2n) is 5.84. The zero-order valence-electron chi connectivity index (χ0n) is 14.0. The number of amides is 2. The predicted octanol–water partition coefficient (Wildman–Crippen LogP) is 2.91. The lowest BCUT2D eigenvalue weighted by molar-refractivity contribution is 0.222. The first-order valence-electron chi connectivity index (χ1n) is 7.87. The average Bonchev–Trinajstić information content (AvgIpc) is 3.06. The summed E-state index contributed by atoms with van der Waals surface area (Å²) in [6, 6.07) is 7.63. The third-order valence-electron chi connectivity index (χ3n) is 3.57. The zero-order chi connectivity index (χ0) is 16.7. The topological polar surface area (TPSA) is 82.7 Å². The fourth-order valence-electron chi connectivity index (χ4n) is 2.34. The summed E-state index contributed by atoms with van der Waals surface area (Å²) in [4.78, 5) is 18.2. The lowest BCUT2D eigenvalue weighted by Crippen LogP contribution is -2.32. The van der Waals surface area contributed by atoms with Gasteiger partial charge in [-0.15, -0.1) is 24.0 Å². The van der Waals surface area contributed by atoms with E-state index in [0.29, 0.717) is 19.0 Å². The third kappa shape index (κ3) is 6.77. The summed E-state index contributed by atoms with van der Waals surface area (Å²) in [5.41, 5.74) is 8.56. The molecule has 0 radical (unpaired) electrons. The van der Waals surface area contributed by atoms with Crippen LogP contribution < -0.4 is 16.4 Å². The molecule has 1 aliphatic heterocycles. The number of urea groups is 1. The normalized spacial score (nSPS) is 14.0. The van der Waals surface area contributed by atoms with Crippen molar-refractivity contribution in [3.8, 4) is 0 Å². The van der Waals surface area contributed by atoms with Crippen LogP contribution in [-0.4, -0.2) is 36.5 Å². The van der Waals surface area contributed by atoms with Gasteiger partial charge < -0.3 is 21.3 Å². The molecule has 24 heavy (non-hydrogen) atoms. The van der Waals surface area contributed by atoms with Crippen molar-refractivity contribution in [2.24, 2.45) is 10.7 Å². The highest BCUT2D eigenvalue weighted by atomic mass is 127. The zero-order valence-corrected chi connectivity index (χ0v) is 16.4. The first-order chi connectivity index (χ1) is 11.0. The van der Waals surface area contributed by atoms with Gasteiger partial charge in [-0.1, -0.05) is 24.3 Å². The summed E-state index contributed by atoms with van der Waals surface area (Å²) < 4.78 is 0. The molecule has 1 fully saturated rings. The molecule has 0 aromatic heterocycles. The molecule has 0 atom stereocenters. The first kappa shape index (κ1) is 20.3. The Morgan fingerprint density at radius 2 is 2.08 bits per heavy atom. The van der Waals surface area contributed by atoms with Crippen molar-refractivity contribution >= 4 is 41.7 Å². The Balaban J connectivity index is 0.00000288. The van der Waals surface area contributed by atoms with Crippen LogP contribution in [0.15, 0.2) is 41.4 Å². The monoisotopic (exact) mass is 443 g/mol. The number of anilines is 1. The summed E-state index contributed by atoms with van der Waals surface area (Å²) >= 11 is 0. The Kier molecular flexibility index (Phi) is 8.59. The fraction of sp³-hybridized carbons (Fsp3) is 0.412. The van der Waals surface area contributed by atoms with Gasteiger partial charge in [0, 0.05) is 25.3 Å². The van der Waals surface area contributed by atoms with Crippen LogP contribution in [0.3, 0.4) is 0 Å². The number of carbonyl (C=O) groups is 1. The number of benzene rings is 1. The van der Waals surface area contributed by atoms with Gasteiger partial charge in [-0.25, -0.2) is 9.79 Å². The molecule has 2 amide bonds. The minimum Gasteiger partial charge on any atom is -0.370 e. The van der Waals surface area contributed by atoms with Gasteiger partial charge in [0.05, 0.1) is 6.54 Å². The summed E-state index contributed by atoms with van der Waals surface area (Å²) in [6.45, 7) is 8.46. The number of carbonyl (C=O) groups excluding carboxylic acids is 1. The Morgan fingerprint density at radius 1 is 1.38 bits per heavy atom. The maximum absolute atomic E-state index is 12.1. The van der Waals surface area contributed by atoms with Gasteiger partial charge in [-0.2, -0.15) is 0 Å². The van der Waals surface area contributed by atoms with E-state index >= 15 is 0 Å². The number of nitrogens with zero attached hydrogens (tertiary/aromatic N) is 2. The van der Waals surface area contributed by atoms with Crippen LogP contribution in [0.1, 0.15) is 25.3 Å². The molecule has 6 nitrogen and oxygen atoms in total. The number of likely N-dealkylation sites (tertiary alicyclic amines) is 1. The molecule has 0 bridgehead atoms. The van der Waals surface area contributed by atoms with Crippen LogP contribution in [0.5, 0.6) is 0 Å². The van der Waals surface area contributed by atoms with Gasteiger partial charge in [0.2, 0.25) is 0 Å². The van der Waals surface area contributed by atoms with E-state index in [1.165, 1.54) is 0 Å². The Labute approximate surface area is 160 Å². The molecule has 0 spiro atoms. The second-order valence-corrected chi connectivity index (χ2v) is 5.84. The average molecular weight is 443 g/mol. The largest absolute Gasteiger partial charge is 0.370 e. The number of aliphatic imine (C=N–C) groups is 1. The van der Waals surface area contributed by atoms with E-state index in [1.807, 2.05) is 36.1 Å². The van der Waals surface area contributed by atoms with Crippen LogP contribution in [0.25, 0.3) is 0 Å². The van der Waals surface area contributed by atoms with E-state index < -0.39 is 0 Å². The molecule has 1 aromatic rings. The summed E-state index contributed by atoms with van der Waals surface area (Å²) in [6.07, 6.45) is 2.16. The van der Waals surface area contributed by atoms with Crippen molar-refractivity contribution in [1.82, 2.24) is 10.2 Å². The molecule has 1 aromatic carbocycles. The Morgan fingerprint density at radius 3 is 2.75 bits per heavy atom. The summed E-state index contributed by atoms with van der Waals surface area (Å²) in [5, 5.41) is 5.92. The molecule has 1 aliphatic rings. The van der Waals surface area contributed by atoms with Crippen molar-refractivity contribution in [1.29, 1.82) is 0 Å². The SMILES string of the molecule is C=C(C)CNC(N)=NCc1cccc(NC(=O)N2CCCC2)c1.I. The van der Waals surface area contributed by atoms with Gasteiger partial charge in [0.15, 0.2) is 5.96 Å². The molecule has 1 saturated heterocycles. The number of nitrogens with two attached hydrogens (primary N) is 1. The van der Waals surface area contributed by atoms with Crippen molar-refractivity contribution in [3.63, 3.8) is 0 Å². The number of nitrogens with one attached hydrogen (secondary N) is 2. The quantitative estimate of drug-likeness (QED) is 0.283. The summed E-state index contributed by atoms with van der Waals surface area (Å²) in [7, 11) is 0. The summed E-state index contributed by atoms with van der Waals surface area (Å²) in [5.74, 6) is 0.388. The Hall–Kier alpha value is -1.77. The molecule has 0 aliphatic carbocycles. The number of halogens is 1. The van der Waals surface area contributed by atoms with Crippen LogP contribution in [-0.2, 0) is 6.54 Å². The molecular formula is C17H26IN5O. The number of guanidine groups is 1. The van der Waals surface area contributed by atoms with Gasteiger partial charge in [-0.05, 0) is 37.5 Å². The van der Waals surface area contributed by atoms with Crippen molar-refractivity contribution in [3.05, 3.63) is 42.0 Å². The predicted molar refractivity (Wildman–Crippen MR) is 110 cm³/mol. The molecular weight excluding hydrogens is 417 g/mol. The van der Waals surface area contributed by atoms with Crippen LogP contribution in [0.4, 0.5) is 10.5 Å². The van der Waals surface area contributed by atoms with E-state index in [2.05, 4.69) is 22.2 Å². The van der Waals surface area contributed by atoms with Gasteiger partial charge >= 0.3 is 6.03 Å². The highest BCUT2D eigenvalue weighted by Gasteiger charge is 2.17. The lowest BCUT2D eigenvalue weighted by Gasteiger charge is -2.16. The van der Waals surface area contributed by atoms with Gasteiger partial charge in [-0.3, -0.25) is 0 Å². The van der Waals surface area contributed by atoms with E-state index in [1.54, 1.807) is 0 Å². The Bertz CT molecular complexity index is 596. The number of hydrogen-bond acceptors (Lipinski definition) is 2. The smallest absolute Gasteiger partial charge is 0.321 e. The van der Waals surface area contributed by atoms with Crippen LogP contribution in [0, 0.1) is 0 Å². The van der Waals surface area contributed by atoms with Crippen molar-refractivity contribution in [2.45, 2.75) is 26.3 Å². The van der Waals surface area contributed by atoms with Gasteiger partial charge in [0.1, 0.15) is 0 Å². The van der Waals surface area contributed by atoms with E-state index in [4.69, 9.17) is 5.73 Å². The van der Waals surface area contributed by atoms with Crippen LogP contribution in [0.2, 0.25) is 0 Å². The van der Waals surface area contributed by atoms with E-state index in [9.17, 15) is 4.79 Å². The molecule has 0 unspecified atom stereocenters. The number of hydrogen-bond donors (Lipinski definition) is 3. The van der Waals surface area contributed by atoms with Gasteiger partial charge in [0.25, 0.3) is 0 Å². The second kappa shape index (κ2) is 10.2. The molecule has 0 saturated carbocycles. The molecule has 4 N–H and O–H groups in total. The van der Waals surface area contributed by atoms with Crippen LogP contribution >= 0.6 is 24.0 Å². The molecule has 132 valence electrons. The van der Waals surface area contributed by atoms with E-state index in [-0.39, 0.29) is 30.0 Å². The highest BCUT2D eigenvalue weighted by Crippen LogP contribution is 2.14. The van der Waals surface area contributed by atoms with Crippen molar-refractivity contribution < 1.29 is 4.79 Å². The standard InChI is InChI=1S/C17H25N5O.HI/c1-13(2)11-19-16(18)20-12-14-6-5-7-15(10-14)21-17(23)22-8-3-4-9-22;/h5-7,10H,1,3-4,8-9,11-12H2,2H3,(H,21,23)(H3,18,19,20);1H. The molecule has 2 rings (SSSR count). The van der Waals surface area contributed by atoms with Crippen molar-refractivity contribution in [2.75, 3.05) is 25.0 Å². The lowest BCUT2D eigenvalue weighted by atomic mass is 10.2. The molecule has 7 heteroatoms. The number of rotatable bonds is 5. The maximum atomic E-state index is 12.1. The highest BCUT2D eigenvalue weighted by molar-refractivity contribution is 14.0. The minimum absolute atomic E-state index is 0. The maximum Gasteiger partial charge on any atom is 0.321 e. The third-order valence-corrected chi connectivity index (χ3v) is 3.57. The minimum atomic E-state index is -0.0363. The first-order valence-corrected chi connectivity index (χ1v) is 7.87. The fourth-order valence-corrected chi connectivity index (χ4v) is 2.34. The van der Waals surface area contributed by atoms with E-state index in [0.717, 1.165) is 42.8 Å².